The van der Waals surface area contributed by atoms with E-state index in [1.165, 1.54) is 6.42 Å². The minimum atomic E-state index is -0.469. The highest BCUT2D eigenvalue weighted by atomic mass is 79.9. The molecular formula is C17H34BrN5O2. The van der Waals surface area contributed by atoms with Gasteiger partial charge in [-0.2, -0.15) is 10.1 Å². The Hall–Kier alpha value is -0.860. The number of hydrogen-bond donors (Lipinski definition) is 3. The van der Waals surface area contributed by atoms with E-state index in [1.54, 1.807) is 5.06 Å². The van der Waals surface area contributed by atoms with Gasteiger partial charge in [0.05, 0.1) is 6.61 Å². The van der Waals surface area contributed by atoms with Crippen LogP contribution in [0.3, 0.4) is 0 Å². The molecule has 0 radical (unpaired) electrons. The topological polar surface area (TPSA) is 109 Å². The van der Waals surface area contributed by atoms with Crippen LogP contribution in [0.4, 0.5) is 0 Å². The third kappa shape index (κ3) is 6.42. The number of hydrogen-bond acceptors (Lipinski definition) is 7. The summed E-state index contributed by atoms with van der Waals surface area (Å²) >= 11 is 0. The minimum absolute atomic E-state index is 0. The van der Waals surface area contributed by atoms with Crippen molar-refractivity contribution in [2.75, 3.05) is 13.2 Å². The molecule has 0 bridgehead atoms. The van der Waals surface area contributed by atoms with Gasteiger partial charge in [0, 0.05) is 6.61 Å². The van der Waals surface area contributed by atoms with Crippen LogP contribution in [0.15, 0.2) is 9.98 Å². The van der Waals surface area contributed by atoms with Crippen molar-refractivity contribution in [2.45, 2.75) is 76.8 Å². The molecule has 1 saturated carbocycles. The van der Waals surface area contributed by atoms with Crippen molar-refractivity contribution in [3.63, 3.8) is 0 Å². The van der Waals surface area contributed by atoms with Crippen LogP contribution in [-0.2, 0) is 4.84 Å². The van der Waals surface area contributed by atoms with Crippen molar-refractivity contribution in [1.82, 2.24) is 5.06 Å². The summed E-state index contributed by atoms with van der Waals surface area (Å²) in [5, 5.41) is 10.5. The first kappa shape index (κ1) is 22.2. The number of aliphatic hydroxyl groups excluding tert-OH is 1. The smallest absolute Gasteiger partial charge is 0.226 e. The highest BCUT2D eigenvalue weighted by Gasteiger charge is 2.44. The number of aliphatic imine (C=N–C) groups is 2. The first-order valence-electron chi connectivity index (χ1n) is 9.31. The Labute approximate surface area is 161 Å². The van der Waals surface area contributed by atoms with E-state index in [2.05, 4.69) is 16.9 Å². The standard InChI is InChI=1S/C17H33N5O2.BrH/c1-14-8-10-17(11-9-14)21-15(18)20-16(19)22(17)24-13-7-5-3-2-4-6-12-23;/h14,23H,2-13H2,1H3,(H4,18,19,20,21);1H. The first-order valence-corrected chi connectivity index (χ1v) is 9.31. The van der Waals surface area contributed by atoms with Crippen molar-refractivity contribution in [3.8, 4) is 0 Å². The van der Waals surface area contributed by atoms with Crippen molar-refractivity contribution in [3.05, 3.63) is 0 Å². The highest BCUT2D eigenvalue weighted by Crippen LogP contribution is 2.39. The van der Waals surface area contributed by atoms with E-state index >= 15 is 0 Å². The summed E-state index contributed by atoms with van der Waals surface area (Å²) in [6.07, 6.45) is 10.4. The van der Waals surface area contributed by atoms with Crippen LogP contribution in [0.5, 0.6) is 0 Å². The van der Waals surface area contributed by atoms with Crippen LogP contribution in [0.2, 0.25) is 0 Å². The van der Waals surface area contributed by atoms with Crippen LogP contribution in [0, 0.1) is 5.92 Å². The molecule has 0 aromatic rings. The molecule has 0 aromatic carbocycles. The fourth-order valence-electron chi connectivity index (χ4n) is 3.46. The maximum atomic E-state index is 8.76. The number of guanidine groups is 2. The molecule has 2 rings (SSSR count). The Balaban J connectivity index is 0.00000312. The number of aliphatic hydroxyl groups is 1. The Morgan fingerprint density at radius 1 is 1.12 bits per heavy atom. The lowest BCUT2D eigenvalue weighted by Crippen LogP contribution is -2.58. The molecule has 5 N–H and O–H groups in total. The zero-order valence-corrected chi connectivity index (χ0v) is 17.0. The van der Waals surface area contributed by atoms with Gasteiger partial charge in [-0.25, -0.2) is 4.99 Å². The van der Waals surface area contributed by atoms with Crippen LogP contribution in [-0.4, -0.2) is 41.0 Å². The molecule has 8 heteroatoms. The van der Waals surface area contributed by atoms with Crippen molar-refractivity contribution < 1.29 is 9.94 Å². The zero-order chi connectivity index (χ0) is 17.4. The maximum absolute atomic E-state index is 8.76. The number of nitrogens with zero attached hydrogens (tertiary/aromatic N) is 3. The number of hydroxylamine groups is 2. The number of rotatable bonds is 9. The summed E-state index contributed by atoms with van der Waals surface area (Å²) in [7, 11) is 0. The van der Waals surface area contributed by atoms with E-state index in [0.29, 0.717) is 25.1 Å². The van der Waals surface area contributed by atoms with Gasteiger partial charge in [-0.15, -0.1) is 17.0 Å². The van der Waals surface area contributed by atoms with Gasteiger partial charge in [-0.1, -0.05) is 32.6 Å². The third-order valence-electron chi connectivity index (χ3n) is 4.99. The quantitative estimate of drug-likeness (QED) is 0.497. The fourth-order valence-corrected chi connectivity index (χ4v) is 3.46. The lowest BCUT2D eigenvalue weighted by molar-refractivity contribution is -0.179. The number of nitrogens with two attached hydrogens (primary N) is 2. The second-order valence-electron chi connectivity index (χ2n) is 7.08. The van der Waals surface area contributed by atoms with Gasteiger partial charge in [-0.05, 0) is 44.4 Å². The van der Waals surface area contributed by atoms with E-state index in [9.17, 15) is 0 Å². The van der Waals surface area contributed by atoms with Crippen LogP contribution in [0.25, 0.3) is 0 Å². The molecule has 1 aliphatic carbocycles. The molecule has 0 amide bonds. The Morgan fingerprint density at radius 2 is 1.72 bits per heavy atom. The second-order valence-corrected chi connectivity index (χ2v) is 7.08. The molecular weight excluding hydrogens is 386 g/mol. The Kier molecular flexibility index (Phi) is 9.74. The van der Waals surface area contributed by atoms with Gasteiger partial charge < -0.3 is 16.6 Å². The predicted molar refractivity (Wildman–Crippen MR) is 107 cm³/mol. The highest BCUT2D eigenvalue weighted by molar-refractivity contribution is 8.93. The van der Waals surface area contributed by atoms with E-state index in [-0.39, 0.29) is 22.9 Å². The minimum Gasteiger partial charge on any atom is -0.396 e. The van der Waals surface area contributed by atoms with Gasteiger partial charge in [0.15, 0.2) is 5.66 Å². The summed E-state index contributed by atoms with van der Waals surface area (Å²) < 4.78 is 0. The van der Waals surface area contributed by atoms with E-state index < -0.39 is 5.66 Å². The SMILES string of the molecule is Br.CC1CCC2(CC1)N=C(N)N=C(N)N2OCCCCCCCCO. The first-order chi connectivity index (χ1) is 11.6. The summed E-state index contributed by atoms with van der Waals surface area (Å²) in [6.45, 7) is 3.17. The van der Waals surface area contributed by atoms with Crippen LogP contribution in [0.1, 0.15) is 71.1 Å². The molecule has 1 heterocycles. The van der Waals surface area contributed by atoms with Crippen molar-refractivity contribution in [2.24, 2.45) is 27.4 Å². The largest absolute Gasteiger partial charge is 0.396 e. The normalized spacial score (nSPS) is 26.2. The molecule has 1 spiro atoms. The summed E-state index contributed by atoms with van der Waals surface area (Å²) in [5.41, 5.74) is 11.4. The van der Waals surface area contributed by atoms with E-state index in [4.69, 9.17) is 21.4 Å². The molecule has 0 aromatic heterocycles. The second kappa shape index (κ2) is 11.0. The molecule has 25 heavy (non-hydrogen) atoms. The summed E-state index contributed by atoms with van der Waals surface area (Å²) in [6, 6.07) is 0. The molecule has 0 atom stereocenters. The third-order valence-corrected chi connectivity index (χ3v) is 4.99. The zero-order valence-electron chi connectivity index (χ0n) is 15.3. The van der Waals surface area contributed by atoms with E-state index in [0.717, 1.165) is 57.8 Å². The lowest BCUT2D eigenvalue weighted by Gasteiger charge is -2.45. The molecule has 1 fully saturated rings. The maximum Gasteiger partial charge on any atom is 0.226 e. The fraction of sp³-hybridized carbons (Fsp3) is 0.882. The molecule has 1 aliphatic heterocycles. The molecule has 146 valence electrons. The van der Waals surface area contributed by atoms with Crippen molar-refractivity contribution in [1.29, 1.82) is 0 Å². The molecule has 0 saturated heterocycles. The van der Waals surface area contributed by atoms with Gasteiger partial charge in [0.2, 0.25) is 11.9 Å². The van der Waals surface area contributed by atoms with E-state index in [1.807, 2.05) is 0 Å². The monoisotopic (exact) mass is 419 g/mol. The van der Waals surface area contributed by atoms with Gasteiger partial charge in [-0.3, -0.25) is 4.84 Å². The number of unbranched alkanes of at least 4 members (excludes halogenated alkanes) is 5. The average Bonchev–Trinajstić information content (AvgIpc) is 2.55. The Morgan fingerprint density at radius 3 is 2.36 bits per heavy atom. The predicted octanol–water partition coefficient (Wildman–Crippen LogP) is 2.68. The molecule has 0 unspecified atom stereocenters. The van der Waals surface area contributed by atoms with Crippen LogP contribution < -0.4 is 11.5 Å². The lowest BCUT2D eigenvalue weighted by atomic mass is 9.82. The molecule has 7 nitrogen and oxygen atoms in total. The van der Waals surface area contributed by atoms with Gasteiger partial charge in [0.1, 0.15) is 0 Å². The summed E-state index contributed by atoms with van der Waals surface area (Å²) in [5.74, 6) is 1.28. The van der Waals surface area contributed by atoms with Gasteiger partial charge >= 0.3 is 0 Å². The van der Waals surface area contributed by atoms with Crippen LogP contribution >= 0.6 is 17.0 Å². The summed E-state index contributed by atoms with van der Waals surface area (Å²) in [4.78, 5) is 14.6. The van der Waals surface area contributed by atoms with Crippen molar-refractivity contribution >= 4 is 28.9 Å². The van der Waals surface area contributed by atoms with Gasteiger partial charge in [0.25, 0.3) is 0 Å². The Bertz CT molecular complexity index is 450. The average molecular weight is 420 g/mol. The molecule has 2 aliphatic rings. The number of halogens is 1.